The number of ether oxygens (including phenoxy) is 1. The first kappa shape index (κ1) is 15.0. The standard InChI is InChI=1S/C20H21N3O/c21-17-7-9-19(10-8-17)24-13-18-12-20(23-22-18)16-6-5-14-3-1-2-4-15(14)11-16/h1-11,18,20,22-23H,12-13,21H2. The van der Waals surface area contributed by atoms with Gasteiger partial charge in [-0.2, -0.15) is 0 Å². The minimum absolute atomic E-state index is 0.277. The molecule has 0 aromatic heterocycles. The van der Waals surface area contributed by atoms with E-state index in [1.807, 2.05) is 24.3 Å². The fraction of sp³-hybridized carbons (Fsp3) is 0.200. The third kappa shape index (κ3) is 3.20. The first-order chi connectivity index (χ1) is 11.8. The molecule has 0 radical (unpaired) electrons. The van der Waals surface area contributed by atoms with Crippen LogP contribution in [-0.4, -0.2) is 12.6 Å². The van der Waals surface area contributed by atoms with Crippen LogP contribution in [0, 0.1) is 0 Å². The largest absolute Gasteiger partial charge is 0.492 e. The lowest BCUT2D eigenvalue weighted by molar-refractivity contribution is 0.273. The van der Waals surface area contributed by atoms with Crippen molar-refractivity contribution in [3.63, 3.8) is 0 Å². The Hall–Kier alpha value is -2.56. The van der Waals surface area contributed by atoms with Crippen molar-refractivity contribution < 1.29 is 4.74 Å². The van der Waals surface area contributed by atoms with Gasteiger partial charge in [-0.1, -0.05) is 36.4 Å². The first-order valence-electron chi connectivity index (χ1n) is 8.26. The molecular weight excluding hydrogens is 298 g/mol. The van der Waals surface area contributed by atoms with Crippen LogP contribution >= 0.6 is 0 Å². The summed E-state index contributed by atoms with van der Waals surface area (Å²) < 4.78 is 5.84. The van der Waals surface area contributed by atoms with Gasteiger partial charge in [-0.25, -0.2) is 5.43 Å². The Labute approximate surface area is 141 Å². The summed E-state index contributed by atoms with van der Waals surface area (Å²) in [4.78, 5) is 0. The van der Waals surface area contributed by atoms with Crippen molar-refractivity contribution in [1.29, 1.82) is 0 Å². The molecule has 0 amide bonds. The second kappa shape index (κ2) is 6.51. The van der Waals surface area contributed by atoms with Crippen molar-refractivity contribution in [1.82, 2.24) is 10.9 Å². The molecule has 2 atom stereocenters. The van der Waals surface area contributed by atoms with Gasteiger partial charge in [-0.05, 0) is 53.1 Å². The molecule has 4 N–H and O–H groups in total. The Morgan fingerprint density at radius 3 is 2.54 bits per heavy atom. The molecule has 2 unspecified atom stereocenters. The highest BCUT2D eigenvalue weighted by Gasteiger charge is 2.25. The number of benzene rings is 3. The minimum Gasteiger partial charge on any atom is -0.492 e. The van der Waals surface area contributed by atoms with E-state index in [4.69, 9.17) is 10.5 Å². The smallest absolute Gasteiger partial charge is 0.119 e. The van der Waals surface area contributed by atoms with Gasteiger partial charge in [-0.3, -0.25) is 5.43 Å². The molecule has 24 heavy (non-hydrogen) atoms. The molecule has 1 aliphatic heterocycles. The molecule has 0 saturated carbocycles. The van der Waals surface area contributed by atoms with Gasteiger partial charge in [-0.15, -0.1) is 0 Å². The molecule has 4 nitrogen and oxygen atoms in total. The van der Waals surface area contributed by atoms with Crippen molar-refractivity contribution in [2.24, 2.45) is 0 Å². The van der Waals surface area contributed by atoms with Crippen LogP contribution in [0.2, 0.25) is 0 Å². The zero-order valence-corrected chi connectivity index (χ0v) is 13.4. The Bertz CT molecular complexity index is 832. The topological polar surface area (TPSA) is 59.3 Å². The maximum absolute atomic E-state index is 5.84. The highest BCUT2D eigenvalue weighted by atomic mass is 16.5. The molecular formula is C20H21N3O. The van der Waals surface area contributed by atoms with Crippen LogP contribution in [-0.2, 0) is 0 Å². The van der Waals surface area contributed by atoms with E-state index < -0.39 is 0 Å². The molecule has 3 aromatic rings. The van der Waals surface area contributed by atoms with E-state index in [0.29, 0.717) is 12.6 Å². The van der Waals surface area contributed by atoms with Crippen molar-refractivity contribution in [2.45, 2.75) is 18.5 Å². The van der Waals surface area contributed by atoms with E-state index >= 15 is 0 Å². The van der Waals surface area contributed by atoms with Crippen molar-refractivity contribution in [2.75, 3.05) is 12.3 Å². The Balaban J connectivity index is 1.39. The van der Waals surface area contributed by atoms with Crippen molar-refractivity contribution >= 4 is 16.5 Å². The number of hydrogen-bond acceptors (Lipinski definition) is 4. The number of hydrogen-bond donors (Lipinski definition) is 3. The highest BCUT2D eigenvalue weighted by molar-refractivity contribution is 5.83. The molecule has 4 rings (SSSR count). The lowest BCUT2D eigenvalue weighted by Gasteiger charge is -2.12. The number of fused-ring (bicyclic) bond motifs is 1. The van der Waals surface area contributed by atoms with E-state index in [-0.39, 0.29) is 6.04 Å². The van der Waals surface area contributed by atoms with Gasteiger partial charge in [0.05, 0.1) is 6.04 Å². The monoisotopic (exact) mass is 319 g/mol. The summed E-state index contributed by atoms with van der Waals surface area (Å²) in [6.45, 7) is 0.626. The fourth-order valence-corrected chi connectivity index (χ4v) is 3.14. The van der Waals surface area contributed by atoms with Gasteiger partial charge in [0.2, 0.25) is 0 Å². The maximum Gasteiger partial charge on any atom is 0.119 e. The lowest BCUT2D eigenvalue weighted by Crippen LogP contribution is -2.34. The molecule has 3 aromatic carbocycles. The molecule has 0 bridgehead atoms. The minimum atomic E-state index is 0.277. The second-order valence-corrected chi connectivity index (χ2v) is 6.26. The first-order valence-corrected chi connectivity index (χ1v) is 8.26. The Morgan fingerprint density at radius 2 is 1.71 bits per heavy atom. The molecule has 1 fully saturated rings. The molecule has 4 heteroatoms. The van der Waals surface area contributed by atoms with Crippen molar-refractivity contribution in [3.8, 4) is 5.75 Å². The van der Waals surface area contributed by atoms with Crippen LogP contribution in [0.4, 0.5) is 5.69 Å². The zero-order valence-electron chi connectivity index (χ0n) is 13.4. The molecule has 1 heterocycles. The number of nitrogens with one attached hydrogen (secondary N) is 2. The average Bonchev–Trinajstić information content (AvgIpc) is 3.10. The second-order valence-electron chi connectivity index (χ2n) is 6.26. The summed E-state index contributed by atoms with van der Waals surface area (Å²) in [7, 11) is 0. The predicted octanol–water partition coefficient (Wildman–Crippen LogP) is 3.41. The lowest BCUT2D eigenvalue weighted by atomic mass is 9.99. The SMILES string of the molecule is Nc1ccc(OCC2CC(c3ccc4ccccc4c3)NN2)cc1. The normalized spacial score (nSPS) is 20.3. The van der Waals surface area contributed by atoms with Gasteiger partial charge in [0.25, 0.3) is 0 Å². The summed E-state index contributed by atoms with van der Waals surface area (Å²) in [6, 6.07) is 23.2. The quantitative estimate of drug-likeness (QED) is 0.645. The maximum atomic E-state index is 5.84. The van der Waals surface area contributed by atoms with Crippen LogP contribution in [0.1, 0.15) is 18.0 Å². The van der Waals surface area contributed by atoms with Crippen LogP contribution in [0.15, 0.2) is 66.7 Å². The van der Waals surface area contributed by atoms with Gasteiger partial charge < -0.3 is 10.5 Å². The van der Waals surface area contributed by atoms with Gasteiger partial charge >= 0.3 is 0 Å². The molecule has 0 spiro atoms. The Kier molecular flexibility index (Phi) is 4.07. The van der Waals surface area contributed by atoms with Gasteiger partial charge in [0, 0.05) is 11.7 Å². The number of anilines is 1. The third-order valence-corrected chi connectivity index (χ3v) is 4.49. The number of hydrazine groups is 1. The van der Waals surface area contributed by atoms with Crippen LogP contribution in [0.25, 0.3) is 10.8 Å². The molecule has 122 valence electrons. The molecule has 1 saturated heterocycles. The molecule has 1 aliphatic rings. The number of nitrogen functional groups attached to an aromatic ring is 1. The summed E-state index contributed by atoms with van der Waals surface area (Å²) in [6.07, 6.45) is 0.993. The number of nitrogens with two attached hydrogens (primary N) is 1. The van der Waals surface area contributed by atoms with Crippen LogP contribution in [0.3, 0.4) is 0 Å². The summed E-state index contributed by atoms with van der Waals surface area (Å²) in [5, 5.41) is 2.55. The van der Waals surface area contributed by atoms with E-state index in [0.717, 1.165) is 17.9 Å². The van der Waals surface area contributed by atoms with Crippen molar-refractivity contribution in [3.05, 3.63) is 72.3 Å². The average molecular weight is 319 g/mol. The summed E-state index contributed by atoms with van der Waals surface area (Å²) >= 11 is 0. The van der Waals surface area contributed by atoms with Gasteiger partial charge in [0.15, 0.2) is 0 Å². The summed E-state index contributed by atoms with van der Waals surface area (Å²) in [5.41, 5.74) is 14.5. The summed E-state index contributed by atoms with van der Waals surface area (Å²) in [5.74, 6) is 0.847. The number of rotatable bonds is 4. The van der Waals surface area contributed by atoms with E-state index in [9.17, 15) is 0 Å². The highest BCUT2D eigenvalue weighted by Crippen LogP contribution is 2.26. The van der Waals surface area contributed by atoms with E-state index in [1.54, 1.807) is 0 Å². The fourth-order valence-electron chi connectivity index (χ4n) is 3.14. The predicted molar refractivity (Wildman–Crippen MR) is 97.7 cm³/mol. The molecule has 0 aliphatic carbocycles. The van der Waals surface area contributed by atoms with Crippen LogP contribution in [0.5, 0.6) is 5.75 Å². The zero-order chi connectivity index (χ0) is 16.4. The van der Waals surface area contributed by atoms with E-state index in [1.165, 1.54) is 16.3 Å². The van der Waals surface area contributed by atoms with Gasteiger partial charge in [0.1, 0.15) is 12.4 Å². The third-order valence-electron chi connectivity index (χ3n) is 4.49. The van der Waals surface area contributed by atoms with Crippen LogP contribution < -0.4 is 21.3 Å². The van der Waals surface area contributed by atoms with E-state index in [2.05, 4.69) is 53.3 Å². The Morgan fingerprint density at radius 1 is 0.917 bits per heavy atom.